The summed E-state index contributed by atoms with van der Waals surface area (Å²) >= 11 is 0. The lowest BCUT2D eigenvalue weighted by molar-refractivity contribution is -0.157. The molecular formula is C25H32FN3O5. The second kappa shape index (κ2) is 9.58. The average Bonchev–Trinajstić information content (AvgIpc) is 3.31. The number of alkyl halides is 1. The number of amides is 1. The lowest BCUT2D eigenvalue weighted by atomic mass is 9.96. The zero-order chi connectivity index (χ0) is 25.3. The van der Waals surface area contributed by atoms with Gasteiger partial charge < -0.3 is 14.6 Å². The molecule has 1 aromatic carbocycles. The lowest BCUT2D eigenvalue weighted by Gasteiger charge is -2.26. The van der Waals surface area contributed by atoms with E-state index in [2.05, 4.69) is 10.8 Å². The summed E-state index contributed by atoms with van der Waals surface area (Å²) in [6.07, 6.45) is 1.42. The number of carbonyl (C=O) groups is 3. The number of nitrogens with zero attached hydrogens (tertiary/aromatic N) is 1. The zero-order valence-corrected chi connectivity index (χ0v) is 20.5. The standard InChI is InChI=1S/C25H32FN3O5/c1-7-25(23(32)27-17(20(30)14-26)12-21(31)33-24(3,4)5)13-18(28-34-25)22-15(2)16-10-8-9-11-19(16)29(22)6/h8-11,13,17,28H,7,12,14H2,1-6H3,(H,27,32). The smallest absolute Gasteiger partial charge is 0.308 e. The fourth-order valence-electron chi connectivity index (χ4n) is 4.14. The van der Waals surface area contributed by atoms with Gasteiger partial charge in [0.2, 0.25) is 0 Å². The average molecular weight is 474 g/mol. The van der Waals surface area contributed by atoms with E-state index in [4.69, 9.17) is 9.57 Å². The summed E-state index contributed by atoms with van der Waals surface area (Å²) < 4.78 is 20.4. The van der Waals surface area contributed by atoms with Gasteiger partial charge in [-0.2, -0.15) is 0 Å². The molecule has 2 atom stereocenters. The first-order chi connectivity index (χ1) is 15.9. The molecule has 0 saturated carbocycles. The van der Waals surface area contributed by atoms with Crippen LogP contribution in [0, 0.1) is 6.92 Å². The van der Waals surface area contributed by atoms with Crippen LogP contribution in [0.1, 0.15) is 51.8 Å². The van der Waals surface area contributed by atoms with Gasteiger partial charge in [-0.05, 0) is 51.8 Å². The number of rotatable bonds is 8. The van der Waals surface area contributed by atoms with Crippen molar-refractivity contribution in [2.24, 2.45) is 7.05 Å². The normalized spacial score (nSPS) is 18.9. The lowest BCUT2D eigenvalue weighted by Crippen LogP contribution is -2.53. The second-order valence-electron chi connectivity index (χ2n) is 9.47. The number of esters is 1. The molecule has 9 heteroatoms. The van der Waals surface area contributed by atoms with Gasteiger partial charge in [0.1, 0.15) is 18.3 Å². The molecule has 3 rings (SSSR count). The number of aryl methyl sites for hydroxylation is 2. The van der Waals surface area contributed by atoms with Gasteiger partial charge in [0.05, 0.1) is 17.8 Å². The minimum atomic E-state index is -1.44. The van der Waals surface area contributed by atoms with Crippen LogP contribution in [-0.4, -0.2) is 46.1 Å². The second-order valence-corrected chi connectivity index (χ2v) is 9.47. The minimum Gasteiger partial charge on any atom is -0.460 e. The van der Waals surface area contributed by atoms with Crippen molar-refractivity contribution in [2.75, 3.05) is 6.67 Å². The Morgan fingerprint density at radius 2 is 1.94 bits per heavy atom. The molecular weight excluding hydrogens is 441 g/mol. The van der Waals surface area contributed by atoms with Crippen molar-refractivity contribution < 1.29 is 28.3 Å². The third kappa shape index (κ3) is 4.99. The third-order valence-electron chi connectivity index (χ3n) is 5.86. The van der Waals surface area contributed by atoms with Crippen molar-refractivity contribution in [1.82, 2.24) is 15.4 Å². The minimum absolute atomic E-state index is 0.237. The molecule has 8 nitrogen and oxygen atoms in total. The van der Waals surface area contributed by atoms with Crippen LogP contribution in [0.15, 0.2) is 30.3 Å². The van der Waals surface area contributed by atoms with Gasteiger partial charge in [-0.1, -0.05) is 25.1 Å². The van der Waals surface area contributed by atoms with Gasteiger partial charge in [0, 0.05) is 18.0 Å². The monoisotopic (exact) mass is 473 g/mol. The molecule has 1 amide bonds. The molecule has 0 bridgehead atoms. The van der Waals surface area contributed by atoms with Crippen LogP contribution < -0.4 is 10.8 Å². The molecule has 0 spiro atoms. The highest BCUT2D eigenvalue weighted by molar-refractivity contribution is 5.98. The van der Waals surface area contributed by atoms with Crippen LogP contribution in [0.2, 0.25) is 0 Å². The van der Waals surface area contributed by atoms with E-state index < -0.39 is 48.0 Å². The summed E-state index contributed by atoms with van der Waals surface area (Å²) in [6.45, 7) is 7.47. The van der Waals surface area contributed by atoms with Gasteiger partial charge in [-0.3, -0.25) is 24.7 Å². The Bertz CT molecular complexity index is 1110. The Morgan fingerprint density at radius 3 is 2.53 bits per heavy atom. The summed E-state index contributed by atoms with van der Waals surface area (Å²) in [6, 6.07) is 6.58. The first-order valence-electron chi connectivity index (χ1n) is 11.2. The predicted molar refractivity (Wildman–Crippen MR) is 126 cm³/mol. The van der Waals surface area contributed by atoms with Crippen LogP contribution in [0.25, 0.3) is 16.6 Å². The van der Waals surface area contributed by atoms with Crippen molar-refractivity contribution in [2.45, 2.75) is 64.7 Å². The van der Waals surface area contributed by atoms with E-state index >= 15 is 0 Å². The topological polar surface area (TPSA) is 98.7 Å². The summed E-state index contributed by atoms with van der Waals surface area (Å²) in [5.41, 5.74) is 4.14. The van der Waals surface area contributed by atoms with Crippen LogP contribution in [0.3, 0.4) is 0 Å². The Morgan fingerprint density at radius 1 is 1.26 bits per heavy atom. The van der Waals surface area contributed by atoms with Crippen molar-refractivity contribution in [3.8, 4) is 0 Å². The van der Waals surface area contributed by atoms with Crippen LogP contribution in [0.4, 0.5) is 4.39 Å². The van der Waals surface area contributed by atoms with Crippen molar-refractivity contribution in [3.05, 3.63) is 41.6 Å². The molecule has 0 saturated heterocycles. The van der Waals surface area contributed by atoms with Crippen LogP contribution in [0.5, 0.6) is 0 Å². The first-order valence-corrected chi connectivity index (χ1v) is 11.2. The fraction of sp³-hybridized carbons (Fsp3) is 0.480. The highest BCUT2D eigenvalue weighted by Gasteiger charge is 2.44. The number of aromatic nitrogens is 1. The number of hydrogen-bond donors (Lipinski definition) is 2. The number of Topliss-reactive ketones (excluding diaryl/α,β-unsaturated/α-hetero) is 1. The van der Waals surface area contributed by atoms with Gasteiger partial charge in [0.25, 0.3) is 5.91 Å². The van der Waals surface area contributed by atoms with E-state index in [0.29, 0.717) is 5.70 Å². The van der Waals surface area contributed by atoms with Gasteiger partial charge in [0.15, 0.2) is 11.4 Å². The highest BCUT2D eigenvalue weighted by Crippen LogP contribution is 2.34. The quantitative estimate of drug-likeness (QED) is 0.571. The Kier molecular flexibility index (Phi) is 7.16. The van der Waals surface area contributed by atoms with E-state index in [1.807, 2.05) is 42.8 Å². The Labute approximate surface area is 198 Å². The summed E-state index contributed by atoms with van der Waals surface area (Å²) in [4.78, 5) is 43.4. The fourth-order valence-corrected chi connectivity index (χ4v) is 4.14. The predicted octanol–water partition coefficient (Wildman–Crippen LogP) is 3.27. The molecule has 1 aromatic heterocycles. The Hall–Kier alpha value is -3.20. The van der Waals surface area contributed by atoms with Crippen LogP contribution >= 0.6 is 0 Å². The van der Waals surface area contributed by atoms with E-state index in [-0.39, 0.29) is 6.42 Å². The molecule has 2 unspecified atom stereocenters. The number of ketones is 1. The number of carbonyl (C=O) groups excluding carboxylic acids is 3. The van der Waals surface area contributed by atoms with E-state index in [9.17, 15) is 18.8 Å². The number of benzene rings is 1. The summed E-state index contributed by atoms with van der Waals surface area (Å²) in [5, 5.41) is 3.58. The van der Waals surface area contributed by atoms with E-state index in [1.54, 1.807) is 33.8 Å². The number of hydroxylamine groups is 1. The largest absolute Gasteiger partial charge is 0.460 e. The van der Waals surface area contributed by atoms with Crippen LogP contribution in [-0.2, 0) is 31.0 Å². The van der Waals surface area contributed by atoms with Gasteiger partial charge in [-0.25, -0.2) is 4.39 Å². The van der Waals surface area contributed by atoms with E-state index in [1.165, 1.54) is 0 Å². The molecule has 34 heavy (non-hydrogen) atoms. The maximum Gasteiger partial charge on any atom is 0.308 e. The molecule has 1 aliphatic rings. The number of fused-ring (bicyclic) bond motifs is 1. The summed E-state index contributed by atoms with van der Waals surface area (Å²) in [7, 11) is 1.93. The van der Waals surface area contributed by atoms with Crippen molar-refractivity contribution in [1.29, 1.82) is 0 Å². The molecule has 184 valence electrons. The maximum atomic E-state index is 13.3. The zero-order valence-electron chi connectivity index (χ0n) is 20.5. The molecule has 2 aromatic rings. The third-order valence-corrected chi connectivity index (χ3v) is 5.86. The van der Waals surface area contributed by atoms with Gasteiger partial charge >= 0.3 is 5.97 Å². The number of nitrogens with one attached hydrogen (secondary N) is 2. The SMILES string of the molecule is CCC1(C(=O)NC(CC(=O)OC(C)(C)C)C(=O)CF)C=C(c2c(C)c3ccccc3n2C)NO1. The number of hydrogen-bond acceptors (Lipinski definition) is 6. The number of para-hydroxylation sites is 1. The molecule has 2 N–H and O–H groups in total. The molecule has 0 fully saturated rings. The van der Waals surface area contributed by atoms with Crippen molar-refractivity contribution >= 4 is 34.3 Å². The van der Waals surface area contributed by atoms with Gasteiger partial charge in [-0.15, -0.1) is 0 Å². The summed E-state index contributed by atoms with van der Waals surface area (Å²) in [5.74, 6) is -2.27. The maximum absolute atomic E-state index is 13.3. The molecule has 1 aliphatic heterocycles. The molecule has 0 radical (unpaired) electrons. The molecule has 0 aliphatic carbocycles. The molecule has 2 heterocycles. The van der Waals surface area contributed by atoms with E-state index in [0.717, 1.165) is 22.2 Å². The first kappa shape index (κ1) is 25.4. The Balaban J connectivity index is 1.88. The van der Waals surface area contributed by atoms with Crippen molar-refractivity contribution in [3.63, 3.8) is 0 Å². The number of ether oxygens (including phenoxy) is 1. The number of halogens is 1. The highest BCUT2D eigenvalue weighted by atomic mass is 19.1.